The van der Waals surface area contributed by atoms with E-state index >= 15 is 0 Å². The van der Waals surface area contributed by atoms with E-state index in [1.165, 1.54) is 44.1 Å². The predicted octanol–water partition coefficient (Wildman–Crippen LogP) is 8.53. The summed E-state index contributed by atoms with van der Waals surface area (Å²) in [5, 5.41) is 9.54. The van der Waals surface area contributed by atoms with E-state index < -0.39 is 0 Å². The lowest BCUT2D eigenvalue weighted by atomic mass is 9.94. The van der Waals surface area contributed by atoms with Crippen LogP contribution in [0.1, 0.15) is 91.7 Å². The van der Waals surface area contributed by atoms with Gasteiger partial charge in [0.05, 0.1) is 10.00 Å². The molecule has 1 aliphatic rings. The van der Waals surface area contributed by atoms with Gasteiger partial charge in [-0.05, 0) is 63.0 Å². The SMILES string of the molecule is CCCCNC(=S)CCC1CCCC(c2nc(C(=O)Nc3ccccc3-c3ccc(C)cc3)cs2)CC1. The lowest BCUT2D eigenvalue weighted by Gasteiger charge is -2.15. The standard InChI is InChI=1S/C31H39N3OS2/c1-3-4-20-32-29(36)19-15-23-8-7-9-25(18-14-23)31-34-28(21-37-31)30(35)33-27-11-6-5-10-26(27)24-16-12-22(2)13-17-24/h5-6,10-13,16-17,21,23,25H,3-4,7-9,14-15,18-20H2,1-2H3,(H,32,36)(H,33,35). The minimum absolute atomic E-state index is 0.141. The van der Waals surface area contributed by atoms with E-state index in [1.807, 2.05) is 29.6 Å². The van der Waals surface area contributed by atoms with Crippen LogP contribution >= 0.6 is 23.6 Å². The van der Waals surface area contributed by atoms with Gasteiger partial charge in [0.25, 0.3) is 5.91 Å². The van der Waals surface area contributed by atoms with E-state index in [2.05, 4.69) is 48.7 Å². The zero-order chi connectivity index (χ0) is 26.0. The zero-order valence-electron chi connectivity index (χ0n) is 22.1. The van der Waals surface area contributed by atoms with Crippen LogP contribution in [0.3, 0.4) is 0 Å². The molecule has 0 aliphatic heterocycles. The van der Waals surface area contributed by atoms with Gasteiger partial charge in [-0.3, -0.25) is 4.79 Å². The van der Waals surface area contributed by atoms with E-state index in [0.717, 1.165) is 58.5 Å². The molecular formula is C31H39N3OS2. The Bertz CT molecular complexity index is 1170. The van der Waals surface area contributed by atoms with E-state index in [4.69, 9.17) is 17.2 Å². The maximum atomic E-state index is 13.1. The van der Waals surface area contributed by atoms with Crippen molar-refractivity contribution in [1.29, 1.82) is 0 Å². The predicted molar refractivity (Wildman–Crippen MR) is 161 cm³/mol. The van der Waals surface area contributed by atoms with Crippen LogP contribution in [0.25, 0.3) is 11.1 Å². The van der Waals surface area contributed by atoms with E-state index in [0.29, 0.717) is 11.6 Å². The lowest BCUT2D eigenvalue weighted by Crippen LogP contribution is -2.22. The van der Waals surface area contributed by atoms with Crippen molar-refractivity contribution in [3.8, 4) is 11.1 Å². The molecule has 1 amide bonds. The zero-order valence-corrected chi connectivity index (χ0v) is 23.7. The number of para-hydroxylation sites is 1. The number of nitrogens with one attached hydrogen (secondary N) is 2. The Kier molecular flexibility index (Phi) is 10.3. The molecule has 2 unspecified atom stereocenters. The van der Waals surface area contributed by atoms with Crippen molar-refractivity contribution in [2.75, 3.05) is 11.9 Å². The third-order valence-electron chi connectivity index (χ3n) is 7.36. The topological polar surface area (TPSA) is 54.0 Å². The van der Waals surface area contributed by atoms with Gasteiger partial charge in [-0.25, -0.2) is 4.98 Å². The molecule has 1 saturated carbocycles. The molecule has 0 radical (unpaired) electrons. The summed E-state index contributed by atoms with van der Waals surface area (Å²) in [5.41, 5.74) is 4.65. The molecule has 196 valence electrons. The molecule has 0 bridgehead atoms. The van der Waals surface area contributed by atoms with E-state index in [9.17, 15) is 4.79 Å². The number of carbonyl (C=O) groups is 1. The average molecular weight is 534 g/mol. The van der Waals surface area contributed by atoms with E-state index in [-0.39, 0.29) is 5.91 Å². The van der Waals surface area contributed by atoms with E-state index in [1.54, 1.807) is 11.3 Å². The molecule has 1 aromatic heterocycles. The van der Waals surface area contributed by atoms with Gasteiger partial charge in [0.2, 0.25) is 0 Å². The highest BCUT2D eigenvalue weighted by Gasteiger charge is 2.24. The van der Waals surface area contributed by atoms with Gasteiger partial charge >= 0.3 is 0 Å². The summed E-state index contributed by atoms with van der Waals surface area (Å²) in [4.78, 5) is 19.0. The third-order valence-corrected chi connectivity index (χ3v) is 8.72. The maximum Gasteiger partial charge on any atom is 0.275 e. The number of aromatic nitrogens is 1. The van der Waals surface area contributed by atoms with Gasteiger partial charge in [-0.1, -0.05) is 86.4 Å². The molecule has 2 N–H and O–H groups in total. The molecule has 2 atom stereocenters. The van der Waals surface area contributed by atoms with Gasteiger partial charge in [0, 0.05) is 29.1 Å². The Labute approximate surface area is 231 Å². The lowest BCUT2D eigenvalue weighted by molar-refractivity contribution is 0.102. The molecule has 3 aromatic rings. The monoisotopic (exact) mass is 533 g/mol. The molecule has 1 aliphatic carbocycles. The van der Waals surface area contributed by atoms with Crippen LogP contribution in [0.4, 0.5) is 5.69 Å². The van der Waals surface area contributed by atoms with Crippen LogP contribution in [-0.2, 0) is 0 Å². The fraction of sp³-hybridized carbons (Fsp3) is 0.452. The molecule has 0 spiro atoms. The number of hydrogen-bond acceptors (Lipinski definition) is 4. The van der Waals surface area contributed by atoms with Crippen molar-refractivity contribution in [1.82, 2.24) is 10.3 Å². The number of carbonyl (C=O) groups excluding carboxylic acids is 1. The normalized spacial score (nSPS) is 17.7. The minimum atomic E-state index is -0.141. The molecule has 6 heteroatoms. The van der Waals surface area contributed by atoms with Crippen molar-refractivity contribution in [3.63, 3.8) is 0 Å². The number of rotatable bonds is 10. The van der Waals surface area contributed by atoms with Crippen molar-refractivity contribution in [2.24, 2.45) is 5.92 Å². The number of benzene rings is 2. The Morgan fingerprint density at radius 1 is 1.08 bits per heavy atom. The Hall–Kier alpha value is -2.57. The van der Waals surface area contributed by atoms with Crippen LogP contribution in [0, 0.1) is 12.8 Å². The van der Waals surface area contributed by atoms with Crippen LogP contribution in [0.2, 0.25) is 0 Å². The van der Waals surface area contributed by atoms with Gasteiger partial charge in [0.15, 0.2) is 0 Å². The molecule has 1 heterocycles. The number of thiocarbonyl (C=S) groups is 1. The number of thiazole rings is 1. The van der Waals surface area contributed by atoms with Gasteiger partial charge in [-0.2, -0.15) is 0 Å². The quantitative estimate of drug-likeness (QED) is 0.156. The molecule has 0 saturated heterocycles. The van der Waals surface area contributed by atoms with Gasteiger partial charge in [0.1, 0.15) is 5.69 Å². The summed E-state index contributed by atoms with van der Waals surface area (Å²) < 4.78 is 0. The average Bonchev–Trinajstić information content (AvgIpc) is 3.28. The fourth-order valence-corrected chi connectivity index (χ4v) is 6.28. The summed E-state index contributed by atoms with van der Waals surface area (Å²) in [7, 11) is 0. The number of unbranched alkanes of at least 4 members (excludes halogenated alkanes) is 1. The summed E-state index contributed by atoms with van der Waals surface area (Å²) in [6.07, 6.45) is 10.5. The van der Waals surface area contributed by atoms with Crippen LogP contribution < -0.4 is 10.6 Å². The van der Waals surface area contributed by atoms with Crippen molar-refractivity contribution in [2.45, 2.75) is 77.6 Å². The van der Waals surface area contributed by atoms with Crippen molar-refractivity contribution < 1.29 is 4.79 Å². The Morgan fingerprint density at radius 2 is 1.89 bits per heavy atom. The van der Waals surface area contributed by atoms with Crippen LogP contribution in [0.15, 0.2) is 53.9 Å². The number of nitrogens with zero attached hydrogens (tertiary/aromatic N) is 1. The first-order chi connectivity index (χ1) is 18.0. The second-order valence-electron chi connectivity index (χ2n) is 10.3. The second kappa shape index (κ2) is 13.8. The largest absolute Gasteiger partial charge is 0.380 e. The summed E-state index contributed by atoms with van der Waals surface area (Å²) in [6.45, 7) is 5.28. The number of hydrogen-bond donors (Lipinski definition) is 2. The Balaban J connectivity index is 1.32. The van der Waals surface area contributed by atoms with Crippen molar-refractivity contribution in [3.05, 3.63) is 70.2 Å². The molecular weight excluding hydrogens is 494 g/mol. The summed E-state index contributed by atoms with van der Waals surface area (Å²) in [5.74, 6) is 1.04. The highest BCUT2D eigenvalue weighted by Crippen LogP contribution is 2.37. The smallest absolute Gasteiger partial charge is 0.275 e. The molecule has 37 heavy (non-hydrogen) atoms. The maximum absolute atomic E-state index is 13.1. The number of anilines is 1. The highest BCUT2D eigenvalue weighted by molar-refractivity contribution is 7.80. The first-order valence-corrected chi connectivity index (χ1v) is 15.0. The van der Waals surface area contributed by atoms with Crippen LogP contribution in [0.5, 0.6) is 0 Å². The van der Waals surface area contributed by atoms with Gasteiger partial charge in [-0.15, -0.1) is 11.3 Å². The fourth-order valence-electron chi connectivity index (χ4n) is 5.09. The molecule has 4 rings (SSSR count). The first-order valence-electron chi connectivity index (χ1n) is 13.7. The van der Waals surface area contributed by atoms with Crippen molar-refractivity contribution >= 4 is 40.1 Å². The molecule has 4 nitrogen and oxygen atoms in total. The second-order valence-corrected chi connectivity index (χ2v) is 11.6. The molecule has 2 aromatic carbocycles. The van der Waals surface area contributed by atoms with Gasteiger partial charge < -0.3 is 10.6 Å². The number of amides is 1. The third kappa shape index (κ3) is 7.96. The summed E-state index contributed by atoms with van der Waals surface area (Å²) >= 11 is 7.16. The highest BCUT2D eigenvalue weighted by atomic mass is 32.1. The first kappa shape index (κ1) is 27.5. The minimum Gasteiger partial charge on any atom is -0.380 e. The Morgan fingerprint density at radius 3 is 2.70 bits per heavy atom. The summed E-state index contributed by atoms with van der Waals surface area (Å²) in [6, 6.07) is 16.3. The number of aryl methyl sites for hydroxylation is 1. The van der Waals surface area contributed by atoms with Crippen LogP contribution in [-0.4, -0.2) is 22.4 Å². The molecule has 1 fully saturated rings.